The second-order valence-electron chi connectivity index (χ2n) is 5.61. The molecule has 3 rings (SSSR count). The first-order valence-electron chi connectivity index (χ1n) is 7.81. The molecule has 3 heteroatoms. The van der Waals surface area contributed by atoms with Gasteiger partial charge in [0, 0.05) is 11.3 Å². The third kappa shape index (κ3) is 3.35. The third-order valence-electron chi connectivity index (χ3n) is 4.15. The molecule has 23 heavy (non-hydrogen) atoms. The molecule has 0 aromatic heterocycles. The van der Waals surface area contributed by atoms with Gasteiger partial charge in [-0.2, -0.15) is 0 Å². The minimum Gasteiger partial charge on any atom is -0.497 e. The predicted octanol–water partition coefficient (Wildman–Crippen LogP) is 4.99. The molecule has 2 nitrogen and oxygen atoms in total. The molecule has 0 spiro atoms. The second kappa shape index (κ2) is 7.05. The highest BCUT2D eigenvalue weighted by atomic mass is 32.2. The Balaban J connectivity index is 2.04. The van der Waals surface area contributed by atoms with Crippen molar-refractivity contribution in [1.82, 2.24) is 0 Å². The number of benzene rings is 2. The van der Waals surface area contributed by atoms with Crippen LogP contribution in [0.2, 0.25) is 0 Å². The topological polar surface area (TPSA) is 26.3 Å². The van der Waals surface area contributed by atoms with Crippen molar-refractivity contribution in [3.05, 3.63) is 72.3 Å². The van der Waals surface area contributed by atoms with E-state index >= 15 is 0 Å². The molecule has 1 aliphatic carbocycles. The molecule has 118 valence electrons. The molecule has 1 atom stereocenters. The number of thioether (sulfide) groups is 1. The third-order valence-corrected chi connectivity index (χ3v) is 5.64. The molecular formula is C20H20O2S. The smallest absolute Gasteiger partial charge is 0.154 e. The summed E-state index contributed by atoms with van der Waals surface area (Å²) in [5.41, 5.74) is 1.05. The van der Waals surface area contributed by atoms with Crippen molar-refractivity contribution >= 4 is 17.5 Å². The number of hydrogen-bond donors (Lipinski definition) is 0. The lowest BCUT2D eigenvalue weighted by molar-refractivity contribution is -0.121. The Morgan fingerprint density at radius 2 is 1.74 bits per heavy atom. The van der Waals surface area contributed by atoms with Crippen molar-refractivity contribution in [1.29, 1.82) is 0 Å². The van der Waals surface area contributed by atoms with Crippen LogP contribution in [0.4, 0.5) is 0 Å². The number of hydrogen-bond acceptors (Lipinski definition) is 3. The summed E-state index contributed by atoms with van der Waals surface area (Å²) in [6, 6.07) is 18.1. The van der Waals surface area contributed by atoms with E-state index in [1.165, 1.54) is 0 Å². The number of carbonyl (C=O) groups is 1. The SMILES string of the molecule is COc1ccc(C2(Sc3ccccc3)CC=CCCC2=O)cc1. The van der Waals surface area contributed by atoms with Gasteiger partial charge < -0.3 is 4.74 Å². The van der Waals surface area contributed by atoms with E-state index < -0.39 is 4.75 Å². The molecule has 0 heterocycles. The molecule has 2 aromatic rings. The number of ketones is 1. The highest BCUT2D eigenvalue weighted by Crippen LogP contribution is 2.47. The molecule has 2 aromatic carbocycles. The average Bonchev–Trinajstić information content (AvgIpc) is 2.79. The number of allylic oxidation sites excluding steroid dienone is 2. The van der Waals surface area contributed by atoms with Crippen LogP contribution in [0.5, 0.6) is 5.75 Å². The van der Waals surface area contributed by atoms with Crippen LogP contribution in [0.1, 0.15) is 24.8 Å². The van der Waals surface area contributed by atoms with Crippen molar-refractivity contribution in [2.75, 3.05) is 7.11 Å². The highest BCUT2D eigenvalue weighted by Gasteiger charge is 2.40. The lowest BCUT2D eigenvalue weighted by Crippen LogP contribution is -2.31. The van der Waals surface area contributed by atoms with Crippen molar-refractivity contribution in [3.63, 3.8) is 0 Å². The van der Waals surface area contributed by atoms with Crippen LogP contribution in [0.15, 0.2) is 71.6 Å². The van der Waals surface area contributed by atoms with Crippen LogP contribution in [-0.4, -0.2) is 12.9 Å². The van der Waals surface area contributed by atoms with Crippen molar-refractivity contribution in [3.8, 4) is 5.75 Å². The zero-order valence-corrected chi connectivity index (χ0v) is 14.0. The van der Waals surface area contributed by atoms with Gasteiger partial charge in [-0.25, -0.2) is 0 Å². The Kier molecular flexibility index (Phi) is 4.87. The second-order valence-corrected chi connectivity index (χ2v) is 6.98. The number of rotatable bonds is 4. The molecule has 0 saturated carbocycles. The fraction of sp³-hybridized carbons (Fsp3) is 0.250. The summed E-state index contributed by atoms with van der Waals surface area (Å²) in [6.45, 7) is 0. The summed E-state index contributed by atoms with van der Waals surface area (Å²) in [6.07, 6.45) is 6.39. The molecule has 1 aliphatic rings. The Labute approximate surface area is 141 Å². The molecule has 0 N–H and O–H groups in total. The average molecular weight is 324 g/mol. The summed E-state index contributed by atoms with van der Waals surface area (Å²) in [5.74, 6) is 1.10. The summed E-state index contributed by atoms with van der Waals surface area (Å²) in [5, 5.41) is 0. The van der Waals surface area contributed by atoms with E-state index in [-0.39, 0.29) is 0 Å². The molecule has 0 saturated heterocycles. The first-order valence-corrected chi connectivity index (χ1v) is 8.63. The first kappa shape index (κ1) is 15.9. The fourth-order valence-corrected chi connectivity index (χ4v) is 4.23. The van der Waals surface area contributed by atoms with Gasteiger partial charge in [-0.3, -0.25) is 4.79 Å². The lowest BCUT2D eigenvalue weighted by atomic mass is 9.89. The largest absolute Gasteiger partial charge is 0.497 e. The summed E-state index contributed by atoms with van der Waals surface area (Å²) in [7, 11) is 1.66. The molecule has 0 radical (unpaired) electrons. The van der Waals surface area contributed by atoms with Crippen molar-refractivity contribution in [2.45, 2.75) is 28.9 Å². The number of methoxy groups -OCH3 is 1. The van der Waals surface area contributed by atoms with Crippen molar-refractivity contribution in [2.24, 2.45) is 0 Å². The predicted molar refractivity (Wildman–Crippen MR) is 95.0 cm³/mol. The van der Waals surface area contributed by atoms with E-state index in [0.717, 1.165) is 29.1 Å². The van der Waals surface area contributed by atoms with Crippen LogP contribution in [0.3, 0.4) is 0 Å². The van der Waals surface area contributed by atoms with Gasteiger partial charge in [0.1, 0.15) is 10.5 Å². The monoisotopic (exact) mass is 324 g/mol. The number of carbonyl (C=O) groups excluding carboxylic acids is 1. The summed E-state index contributed by atoms with van der Waals surface area (Å²) in [4.78, 5) is 14.1. The van der Waals surface area contributed by atoms with E-state index in [0.29, 0.717) is 12.2 Å². The van der Waals surface area contributed by atoms with Gasteiger partial charge in [0.2, 0.25) is 0 Å². The highest BCUT2D eigenvalue weighted by molar-refractivity contribution is 8.01. The van der Waals surface area contributed by atoms with Crippen LogP contribution in [0, 0.1) is 0 Å². The van der Waals surface area contributed by atoms with E-state index in [9.17, 15) is 4.79 Å². The number of ether oxygens (including phenoxy) is 1. The minimum absolute atomic E-state index is 0.293. The molecule has 1 unspecified atom stereocenters. The van der Waals surface area contributed by atoms with Gasteiger partial charge >= 0.3 is 0 Å². The maximum atomic E-state index is 13.0. The van der Waals surface area contributed by atoms with E-state index in [1.807, 2.05) is 42.5 Å². The van der Waals surface area contributed by atoms with E-state index in [4.69, 9.17) is 4.74 Å². The van der Waals surface area contributed by atoms with Crippen LogP contribution < -0.4 is 4.74 Å². The normalized spacial score (nSPS) is 21.0. The van der Waals surface area contributed by atoms with E-state index in [2.05, 4.69) is 24.3 Å². The zero-order valence-electron chi connectivity index (χ0n) is 13.2. The maximum Gasteiger partial charge on any atom is 0.154 e. The van der Waals surface area contributed by atoms with Gasteiger partial charge in [0.05, 0.1) is 7.11 Å². The van der Waals surface area contributed by atoms with E-state index in [1.54, 1.807) is 18.9 Å². The van der Waals surface area contributed by atoms with Gasteiger partial charge in [-0.1, -0.05) is 42.5 Å². The van der Waals surface area contributed by atoms with Crippen molar-refractivity contribution < 1.29 is 9.53 Å². The molecule has 0 aliphatic heterocycles. The number of Topliss-reactive ketones (excluding diaryl/α,β-unsaturated/α-hetero) is 1. The lowest BCUT2D eigenvalue weighted by Gasteiger charge is -2.31. The van der Waals surface area contributed by atoms with Crippen LogP contribution in [-0.2, 0) is 9.54 Å². The molecule has 0 bridgehead atoms. The first-order chi connectivity index (χ1) is 11.2. The van der Waals surface area contributed by atoms with Gasteiger partial charge in [0.15, 0.2) is 5.78 Å². The van der Waals surface area contributed by atoms with Gasteiger partial charge in [-0.05, 0) is 42.7 Å². The maximum absolute atomic E-state index is 13.0. The van der Waals surface area contributed by atoms with Crippen LogP contribution in [0.25, 0.3) is 0 Å². The molecule has 0 fully saturated rings. The standard InChI is InChI=1S/C20H20O2S/c1-22-17-13-11-16(12-14-17)20(15-7-3-6-10-19(20)21)23-18-8-4-2-5-9-18/h2-5,7-9,11-14H,6,10,15H2,1H3. The fourth-order valence-electron chi connectivity index (χ4n) is 2.88. The zero-order chi connectivity index (χ0) is 16.1. The summed E-state index contributed by atoms with van der Waals surface area (Å²) < 4.78 is 4.70. The van der Waals surface area contributed by atoms with Gasteiger partial charge in [-0.15, -0.1) is 11.8 Å². The summed E-state index contributed by atoms with van der Waals surface area (Å²) >= 11 is 1.66. The van der Waals surface area contributed by atoms with Gasteiger partial charge in [0.25, 0.3) is 0 Å². The Morgan fingerprint density at radius 3 is 2.43 bits per heavy atom. The van der Waals surface area contributed by atoms with Crippen LogP contribution >= 0.6 is 11.8 Å². The Bertz CT molecular complexity index is 691. The molecule has 0 amide bonds. The molecular weight excluding hydrogens is 304 g/mol. The Morgan fingerprint density at radius 1 is 1.00 bits per heavy atom. The quantitative estimate of drug-likeness (QED) is 0.741. The minimum atomic E-state index is -0.555. The Hall–Kier alpha value is -2.00.